The first-order valence-corrected chi connectivity index (χ1v) is 0. The van der Waals surface area contributed by atoms with Crippen molar-refractivity contribution < 1.29 is 81.3 Å². The normalized spacial score (nSPS) is 0. The van der Waals surface area contributed by atoms with Crippen LogP contribution in [0.1, 0.15) is 0 Å². The first-order valence-electron chi connectivity index (χ1n) is 0. The van der Waals surface area contributed by atoms with Gasteiger partial charge in [0.25, 0.3) is 0 Å². The van der Waals surface area contributed by atoms with Crippen molar-refractivity contribution in [1.82, 2.24) is 0 Å². The van der Waals surface area contributed by atoms with Crippen molar-refractivity contribution in [2.75, 3.05) is 0 Å². The Balaban J connectivity index is 0. The Morgan fingerprint density at radius 1 is 0.571 bits per heavy atom. The van der Waals surface area contributed by atoms with Gasteiger partial charge < -0.3 is 12.4 Å². The van der Waals surface area contributed by atoms with Crippen LogP contribution in [0, 0.1) is 0 Å². The predicted molar refractivity (Wildman–Crippen MR) is 40.3 cm³/mol. The molecule has 0 aliphatic rings. The number of hydrogen-bond donors (Lipinski definition) is 0. The zero-order valence-electron chi connectivity index (χ0n) is 3.01. The molecule has 0 heterocycles. The topological polar surface area (TPSA) is 0 Å². The molecule has 0 fully saturated rings. The Hall–Kier alpha value is 3.72. The minimum atomic E-state index is 0. The van der Waals surface area contributed by atoms with E-state index in [0.29, 0.717) is 0 Å². The third-order valence-corrected chi connectivity index (χ3v) is 0. The van der Waals surface area contributed by atoms with Crippen LogP contribution in [0.5, 0.6) is 0 Å². The van der Waals surface area contributed by atoms with Crippen molar-refractivity contribution in [1.29, 1.82) is 0 Å². The van der Waals surface area contributed by atoms with E-state index in [4.69, 9.17) is 0 Å². The van der Waals surface area contributed by atoms with Crippen molar-refractivity contribution in [3.05, 3.63) is 0 Å². The summed E-state index contributed by atoms with van der Waals surface area (Å²) in [4.78, 5) is 0. The first-order chi connectivity index (χ1) is 0. The number of halogens is 5. The average molecular weight is 346 g/mol. The van der Waals surface area contributed by atoms with Gasteiger partial charge >= 0.3 is 68.9 Å². The molecule has 0 amide bonds. The molecule has 0 radical (unpaired) electrons. The van der Waals surface area contributed by atoms with E-state index in [9.17, 15) is 0 Å². The van der Waals surface area contributed by atoms with Crippen LogP contribution in [0.25, 0.3) is 0 Å². The Bertz CT molecular complexity index is 8.04. The molecule has 0 N–H and O–H groups in total. The van der Waals surface area contributed by atoms with Crippen LogP contribution in [-0.4, -0.2) is 11.0 Å². The molecule has 0 bridgehead atoms. The molecule has 0 atom stereocenters. The van der Waals surface area contributed by atoms with Crippen molar-refractivity contribution >= 4 is 60.6 Å². The van der Waals surface area contributed by atoms with Crippen molar-refractivity contribution in [2.24, 2.45) is 0 Å². The second-order valence-corrected chi connectivity index (χ2v) is 0. The third kappa shape index (κ3) is 41.9. The molecule has 48 valence electrons. The van der Waals surface area contributed by atoms with Gasteiger partial charge in [-0.2, -0.15) is 0 Å². The van der Waals surface area contributed by atoms with Gasteiger partial charge in [-0.15, -0.1) is 49.6 Å². The molecule has 0 aromatic rings. The minimum absolute atomic E-state index is 0. The van der Waals surface area contributed by atoms with Crippen molar-refractivity contribution in [3.63, 3.8) is 0 Å². The fourth-order valence-electron chi connectivity index (χ4n) is 0. The summed E-state index contributed by atoms with van der Waals surface area (Å²) in [5, 5.41) is 0. The number of rotatable bonds is 0. The van der Waals surface area contributed by atoms with E-state index in [-0.39, 0.29) is 142 Å². The van der Waals surface area contributed by atoms with E-state index in [1.165, 1.54) is 0 Å². The van der Waals surface area contributed by atoms with E-state index in [2.05, 4.69) is 0 Å². The molecule has 0 aliphatic heterocycles. The molecule has 7 heavy (non-hydrogen) atoms. The third-order valence-electron chi connectivity index (χ3n) is 0. The van der Waals surface area contributed by atoms with Gasteiger partial charge in [-0.25, -0.2) is 0 Å². The van der Waals surface area contributed by atoms with Gasteiger partial charge in [0, 0.05) is 0 Å². The molecular formula is H8Cl5CsSi. The maximum atomic E-state index is 0. The Labute approximate surface area is 138 Å². The van der Waals surface area contributed by atoms with Crippen LogP contribution >= 0.6 is 49.6 Å². The standard InChI is InChI=1S/5ClH.Cs.H4Si/h5*1H;;1H4/q;;;;;+1;/p-1. The molecule has 7 heteroatoms. The second-order valence-electron chi connectivity index (χ2n) is 0. The summed E-state index contributed by atoms with van der Waals surface area (Å²) in [5.74, 6) is 0. The quantitative estimate of drug-likeness (QED) is 0.384. The van der Waals surface area contributed by atoms with Crippen LogP contribution in [-0.2, 0) is 0 Å². The Kier molecular flexibility index (Phi) is 559. The van der Waals surface area contributed by atoms with E-state index in [1.54, 1.807) is 0 Å². The fraction of sp³-hybridized carbons (Fsp3) is 0. The second kappa shape index (κ2) is 53.4. The molecule has 0 saturated carbocycles. The summed E-state index contributed by atoms with van der Waals surface area (Å²) in [6.45, 7) is 0. The average Bonchev–Trinajstić information content (AvgIpc) is 0. The van der Waals surface area contributed by atoms with Crippen molar-refractivity contribution in [2.45, 2.75) is 0 Å². The smallest absolute Gasteiger partial charge is 1.00 e. The van der Waals surface area contributed by atoms with Gasteiger partial charge in [-0.1, -0.05) is 0 Å². The fourth-order valence-corrected chi connectivity index (χ4v) is 0. The molecule has 0 rings (SSSR count). The predicted octanol–water partition coefficient (Wildman–Crippen LogP) is -5.76. The first kappa shape index (κ1) is 73.2. The van der Waals surface area contributed by atoms with E-state index >= 15 is 0 Å². The maximum Gasteiger partial charge on any atom is 1.00 e. The van der Waals surface area contributed by atoms with Gasteiger partial charge in [0.2, 0.25) is 0 Å². The molecule has 0 aromatic heterocycles. The Morgan fingerprint density at radius 3 is 0.571 bits per heavy atom. The van der Waals surface area contributed by atoms with E-state index in [1.807, 2.05) is 0 Å². The van der Waals surface area contributed by atoms with Gasteiger partial charge in [0.1, 0.15) is 0 Å². The molecule has 0 saturated heterocycles. The summed E-state index contributed by atoms with van der Waals surface area (Å²) in [5.41, 5.74) is 0. The summed E-state index contributed by atoms with van der Waals surface area (Å²) in [6, 6.07) is 0. The van der Waals surface area contributed by atoms with Crippen LogP contribution in [0.2, 0.25) is 0 Å². The van der Waals surface area contributed by atoms with Gasteiger partial charge in [0.15, 0.2) is 0 Å². The molecular weight excluding hydrogens is 338 g/mol. The monoisotopic (exact) mass is 344 g/mol. The van der Waals surface area contributed by atoms with Crippen LogP contribution in [0.3, 0.4) is 0 Å². The van der Waals surface area contributed by atoms with Crippen molar-refractivity contribution in [3.8, 4) is 0 Å². The summed E-state index contributed by atoms with van der Waals surface area (Å²) in [7, 11) is 0. The van der Waals surface area contributed by atoms with Crippen LogP contribution in [0.15, 0.2) is 0 Å². The zero-order chi connectivity index (χ0) is 0. The van der Waals surface area contributed by atoms with Gasteiger partial charge in [-0.3, -0.25) is 0 Å². The zero-order valence-corrected chi connectivity index (χ0v) is 13.3. The van der Waals surface area contributed by atoms with Crippen LogP contribution in [0.4, 0.5) is 0 Å². The molecule has 0 spiro atoms. The molecule has 0 unspecified atom stereocenters. The van der Waals surface area contributed by atoms with E-state index in [0.717, 1.165) is 0 Å². The summed E-state index contributed by atoms with van der Waals surface area (Å²) in [6.07, 6.45) is 0. The van der Waals surface area contributed by atoms with Gasteiger partial charge in [0.05, 0.1) is 0 Å². The summed E-state index contributed by atoms with van der Waals surface area (Å²) >= 11 is 0. The molecule has 0 aliphatic carbocycles. The summed E-state index contributed by atoms with van der Waals surface area (Å²) < 4.78 is 0. The number of hydrogen-bond acceptors (Lipinski definition) is 0. The van der Waals surface area contributed by atoms with E-state index < -0.39 is 0 Å². The SMILES string of the molecule is Cl.Cl.Cl.Cl.[Cl-].[Cs+].[SiH4]. The van der Waals surface area contributed by atoms with Gasteiger partial charge in [-0.05, 0) is 11.0 Å². The molecule has 0 nitrogen and oxygen atoms in total. The molecule has 0 aromatic carbocycles. The Morgan fingerprint density at radius 2 is 0.571 bits per heavy atom. The largest absolute Gasteiger partial charge is 1.00 e. The maximum absolute atomic E-state index is 0. The minimum Gasteiger partial charge on any atom is -1.00 e. The van der Waals surface area contributed by atoms with Crippen LogP contribution < -0.4 is 81.3 Å².